The number of hydrogen-bond donors (Lipinski definition) is 1. The van der Waals surface area contributed by atoms with E-state index in [9.17, 15) is 0 Å². The van der Waals surface area contributed by atoms with Crippen LogP contribution in [0.25, 0.3) is 10.9 Å². The van der Waals surface area contributed by atoms with Gasteiger partial charge in [0.1, 0.15) is 5.75 Å². The monoisotopic (exact) mass is 336 g/mol. The van der Waals surface area contributed by atoms with Crippen molar-refractivity contribution in [2.45, 2.75) is 39.7 Å². The summed E-state index contributed by atoms with van der Waals surface area (Å²) in [5.41, 5.74) is 12.7. The van der Waals surface area contributed by atoms with Gasteiger partial charge >= 0.3 is 0 Å². The number of ether oxygens (including phenoxy) is 1. The largest absolute Gasteiger partial charge is 0.496 e. The average Bonchev–Trinajstić information content (AvgIpc) is 2.90. The van der Waals surface area contributed by atoms with E-state index in [1.807, 2.05) is 0 Å². The number of benzene rings is 2. The predicted octanol–water partition coefficient (Wildman–Crippen LogP) is 4.57. The van der Waals surface area contributed by atoms with Gasteiger partial charge in [-0.15, -0.1) is 0 Å². The van der Waals surface area contributed by atoms with Gasteiger partial charge < -0.3 is 15.0 Å². The highest BCUT2D eigenvalue weighted by Crippen LogP contribution is 2.32. The molecule has 0 amide bonds. The molecule has 1 aromatic heterocycles. The molecule has 1 heterocycles. The minimum Gasteiger partial charge on any atom is -0.496 e. The molecule has 0 bridgehead atoms. The van der Waals surface area contributed by atoms with E-state index in [0.717, 1.165) is 24.3 Å². The van der Waals surface area contributed by atoms with Gasteiger partial charge in [-0.3, -0.25) is 0 Å². The van der Waals surface area contributed by atoms with Crippen LogP contribution in [0.3, 0.4) is 0 Å². The third kappa shape index (κ3) is 3.16. The molecule has 1 atom stereocenters. The van der Waals surface area contributed by atoms with E-state index in [0.29, 0.717) is 12.5 Å². The molecular weight excluding hydrogens is 308 g/mol. The van der Waals surface area contributed by atoms with Crippen LogP contribution in [0.15, 0.2) is 42.5 Å². The van der Waals surface area contributed by atoms with Gasteiger partial charge in [-0.25, -0.2) is 0 Å². The predicted molar refractivity (Wildman–Crippen MR) is 106 cm³/mol. The maximum atomic E-state index is 6.17. The molecule has 3 nitrogen and oxygen atoms in total. The Balaban J connectivity index is 2.01. The zero-order valence-corrected chi connectivity index (χ0v) is 15.7. The highest BCUT2D eigenvalue weighted by molar-refractivity contribution is 5.85. The van der Waals surface area contributed by atoms with Gasteiger partial charge in [-0.05, 0) is 62.6 Å². The second-order valence-corrected chi connectivity index (χ2v) is 6.69. The standard InChI is InChI=1S/C22H28N2O/c1-5-24-16(3)20(19-8-6-7-9-21(19)24)13-18(14-23)17-10-11-22(25-4)15(2)12-17/h6-12,18H,5,13-14,23H2,1-4H3. The Morgan fingerprint density at radius 1 is 1.12 bits per heavy atom. The summed E-state index contributed by atoms with van der Waals surface area (Å²) >= 11 is 0. The van der Waals surface area contributed by atoms with E-state index in [1.54, 1.807) is 7.11 Å². The molecule has 3 heteroatoms. The number of hydrogen-bond acceptors (Lipinski definition) is 2. The van der Waals surface area contributed by atoms with Crippen molar-refractivity contribution in [1.29, 1.82) is 0 Å². The first-order chi connectivity index (χ1) is 12.1. The molecule has 0 fully saturated rings. The Bertz CT molecular complexity index is 879. The lowest BCUT2D eigenvalue weighted by molar-refractivity contribution is 0.411. The van der Waals surface area contributed by atoms with Crippen molar-refractivity contribution in [3.8, 4) is 5.75 Å². The van der Waals surface area contributed by atoms with Crippen LogP contribution < -0.4 is 10.5 Å². The number of nitrogens with zero attached hydrogens (tertiary/aromatic N) is 1. The molecule has 0 spiro atoms. The molecular formula is C22H28N2O. The minimum atomic E-state index is 0.305. The number of fused-ring (bicyclic) bond motifs is 1. The Labute approximate surface area is 150 Å². The van der Waals surface area contributed by atoms with Gasteiger partial charge in [0.15, 0.2) is 0 Å². The molecule has 2 N–H and O–H groups in total. The number of nitrogens with two attached hydrogens (primary N) is 1. The smallest absolute Gasteiger partial charge is 0.121 e. The molecule has 2 aromatic carbocycles. The van der Waals surface area contributed by atoms with Crippen molar-refractivity contribution in [3.63, 3.8) is 0 Å². The van der Waals surface area contributed by atoms with E-state index in [2.05, 4.69) is 67.8 Å². The first-order valence-corrected chi connectivity index (χ1v) is 9.02. The first kappa shape index (κ1) is 17.6. The topological polar surface area (TPSA) is 40.2 Å². The van der Waals surface area contributed by atoms with Crippen LogP contribution >= 0.6 is 0 Å². The van der Waals surface area contributed by atoms with E-state index in [1.165, 1.54) is 27.7 Å². The number of aryl methyl sites for hydroxylation is 2. The summed E-state index contributed by atoms with van der Waals surface area (Å²) in [5.74, 6) is 1.23. The summed E-state index contributed by atoms with van der Waals surface area (Å²) in [5, 5.41) is 1.35. The molecule has 0 aliphatic heterocycles. The molecule has 1 unspecified atom stereocenters. The third-order valence-electron chi connectivity index (χ3n) is 5.30. The Hall–Kier alpha value is -2.26. The van der Waals surface area contributed by atoms with E-state index in [-0.39, 0.29) is 0 Å². The fourth-order valence-electron chi connectivity index (χ4n) is 3.91. The van der Waals surface area contributed by atoms with Crippen LogP contribution in [-0.4, -0.2) is 18.2 Å². The average molecular weight is 336 g/mol. The van der Waals surface area contributed by atoms with Crippen LogP contribution in [0.1, 0.15) is 35.2 Å². The lowest BCUT2D eigenvalue weighted by Crippen LogP contribution is -2.16. The second kappa shape index (κ2) is 7.32. The van der Waals surface area contributed by atoms with Crippen molar-refractivity contribution in [2.75, 3.05) is 13.7 Å². The van der Waals surface area contributed by atoms with Crippen LogP contribution in [0.5, 0.6) is 5.75 Å². The summed E-state index contributed by atoms with van der Waals surface area (Å²) in [7, 11) is 1.71. The molecule has 0 aliphatic rings. The molecule has 25 heavy (non-hydrogen) atoms. The summed E-state index contributed by atoms with van der Waals surface area (Å²) in [6, 6.07) is 15.1. The fraction of sp³-hybridized carbons (Fsp3) is 0.364. The van der Waals surface area contributed by atoms with Crippen LogP contribution in [0.4, 0.5) is 0 Å². The van der Waals surface area contributed by atoms with Crippen LogP contribution in [-0.2, 0) is 13.0 Å². The molecule has 0 radical (unpaired) electrons. The van der Waals surface area contributed by atoms with Gasteiger partial charge in [0, 0.05) is 29.1 Å². The normalized spacial score (nSPS) is 12.5. The minimum absolute atomic E-state index is 0.305. The lowest BCUT2D eigenvalue weighted by Gasteiger charge is -2.17. The zero-order valence-electron chi connectivity index (χ0n) is 15.7. The Kier molecular flexibility index (Phi) is 5.14. The van der Waals surface area contributed by atoms with Gasteiger partial charge in [-0.2, -0.15) is 0 Å². The zero-order chi connectivity index (χ0) is 18.0. The fourth-order valence-corrected chi connectivity index (χ4v) is 3.91. The lowest BCUT2D eigenvalue weighted by atomic mass is 9.90. The summed E-state index contributed by atoms with van der Waals surface area (Å²) in [6.07, 6.45) is 0.960. The highest BCUT2D eigenvalue weighted by Gasteiger charge is 2.18. The SMILES string of the molecule is CCn1c(C)c(CC(CN)c2ccc(OC)c(C)c2)c2ccccc21. The third-order valence-corrected chi connectivity index (χ3v) is 5.30. The summed E-state index contributed by atoms with van der Waals surface area (Å²) in [6.45, 7) is 8.14. The van der Waals surface area contributed by atoms with Crippen molar-refractivity contribution < 1.29 is 4.74 Å². The van der Waals surface area contributed by atoms with Crippen molar-refractivity contribution in [3.05, 3.63) is 64.8 Å². The maximum absolute atomic E-state index is 6.17. The molecule has 3 rings (SSSR count). The highest BCUT2D eigenvalue weighted by atomic mass is 16.5. The van der Waals surface area contributed by atoms with E-state index in [4.69, 9.17) is 10.5 Å². The maximum Gasteiger partial charge on any atom is 0.121 e. The molecule has 132 valence electrons. The van der Waals surface area contributed by atoms with E-state index >= 15 is 0 Å². The molecule has 0 aliphatic carbocycles. The number of methoxy groups -OCH3 is 1. The quantitative estimate of drug-likeness (QED) is 0.716. The van der Waals surface area contributed by atoms with Gasteiger partial charge in [0.2, 0.25) is 0 Å². The van der Waals surface area contributed by atoms with Gasteiger partial charge in [0.25, 0.3) is 0 Å². The second-order valence-electron chi connectivity index (χ2n) is 6.69. The van der Waals surface area contributed by atoms with Gasteiger partial charge in [0.05, 0.1) is 7.11 Å². The summed E-state index contributed by atoms with van der Waals surface area (Å²) < 4.78 is 7.79. The van der Waals surface area contributed by atoms with Crippen molar-refractivity contribution in [1.82, 2.24) is 4.57 Å². The number of rotatable bonds is 6. The van der Waals surface area contributed by atoms with Crippen LogP contribution in [0, 0.1) is 13.8 Å². The van der Waals surface area contributed by atoms with Crippen LogP contribution in [0.2, 0.25) is 0 Å². The van der Waals surface area contributed by atoms with Gasteiger partial charge in [-0.1, -0.05) is 30.3 Å². The molecule has 0 saturated carbocycles. The Morgan fingerprint density at radius 3 is 2.52 bits per heavy atom. The number of aromatic nitrogens is 1. The van der Waals surface area contributed by atoms with Crippen molar-refractivity contribution in [2.24, 2.45) is 5.73 Å². The Morgan fingerprint density at radius 2 is 1.88 bits per heavy atom. The number of para-hydroxylation sites is 1. The first-order valence-electron chi connectivity index (χ1n) is 9.02. The van der Waals surface area contributed by atoms with Crippen molar-refractivity contribution >= 4 is 10.9 Å². The molecule has 3 aromatic rings. The summed E-state index contributed by atoms with van der Waals surface area (Å²) in [4.78, 5) is 0. The van der Waals surface area contributed by atoms with E-state index < -0.39 is 0 Å². The molecule has 0 saturated heterocycles.